The summed E-state index contributed by atoms with van der Waals surface area (Å²) in [7, 11) is 0. The van der Waals surface area contributed by atoms with E-state index in [1.54, 1.807) is 16.8 Å². The average Bonchev–Trinajstić information content (AvgIpc) is 2.53. The lowest BCUT2D eigenvalue weighted by Crippen LogP contribution is -2.50. The fraction of sp³-hybridized carbons (Fsp3) is 0.278. The molecule has 0 atom stereocenters. The van der Waals surface area contributed by atoms with Crippen LogP contribution in [0.4, 0.5) is 5.82 Å². The number of pyridine rings is 1. The van der Waals surface area contributed by atoms with Gasteiger partial charge in [-0.25, -0.2) is 9.67 Å². The molecular formula is C18H18N4O. The van der Waals surface area contributed by atoms with Crippen LogP contribution in [0.3, 0.4) is 0 Å². The maximum Gasteiger partial charge on any atom is 0.266 e. The third-order valence-corrected chi connectivity index (χ3v) is 4.34. The second-order valence-electron chi connectivity index (χ2n) is 6.12. The minimum absolute atomic E-state index is 0.0302. The van der Waals surface area contributed by atoms with Gasteiger partial charge in [0, 0.05) is 36.7 Å². The molecule has 1 fully saturated rings. The molecule has 0 amide bonds. The molecule has 0 unspecified atom stereocenters. The molecule has 3 heterocycles. The van der Waals surface area contributed by atoms with Crippen molar-refractivity contribution in [2.75, 3.05) is 18.0 Å². The lowest BCUT2D eigenvalue weighted by Gasteiger charge is -2.40. The zero-order valence-corrected chi connectivity index (χ0v) is 13.0. The summed E-state index contributed by atoms with van der Waals surface area (Å²) in [5, 5.41) is 6.70. The van der Waals surface area contributed by atoms with E-state index in [2.05, 4.69) is 27.1 Å². The summed E-state index contributed by atoms with van der Waals surface area (Å²) in [4.78, 5) is 18.7. The van der Waals surface area contributed by atoms with Gasteiger partial charge in [-0.2, -0.15) is 5.10 Å². The second-order valence-corrected chi connectivity index (χ2v) is 6.12. The molecule has 0 N–H and O–H groups in total. The molecule has 116 valence electrons. The molecule has 0 aliphatic carbocycles. The number of fused-ring (bicyclic) bond motifs is 1. The first-order valence-electron chi connectivity index (χ1n) is 7.84. The van der Waals surface area contributed by atoms with Gasteiger partial charge in [0.2, 0.25) is 0 Å². The molecule has 1 aromatic carbocycles. The number of nitrogens with zero attached hydrogens (tertiary/aromatic N) is 4. The van der Waals surface area contributed by atoms with E-state index in [-0.39, 0.29) is 5.56 Å². The monoisotopic (exact) mass is 306 g/mol. The average molecular weight is 306 g/mol. The number of rotatable bonds is 3. The van der Waals surface area contributed by atoms with Gasteiger partial charge in [-0.05, 0) is 24.4 Å². The number of aryl methyl sites for hydroxylation is 1. The molecule has 3 aromatic rings. The van der Waals surface area contributed by atoms with Crippen molar-refractivity contribution < 1.29 is 0 Å². The smallest absolute Gasteiger partial charge is 0.266 e. The second kappa shape index (κ2) is 5.50. The maximum absolute atomic E-state index is 11.8. The van der Waals surface area contributed by atoms with Crippen molar-refractivity contribution in [2.24, 2.45) is 5.92 Å². The summed E-state index contributed by atoms with van der Waals surface area (Å²) < 4.78 is 1.58. The fourth-order valence-electron chi connectivity index (χ4n) is 3.14. The summed E-state index contributed by atoms with van der Waals surface area (Å²) in [5.41, 5.74) is 0.842. The standard InChI is InChI=1S/C18H18N4O/c1-13-6-7-17(23)22(20-13)12-14-10-21(11-14)18-16-5-3-2-4-15(16)8-9-19-18/h2-9,14H,10-12H2,1H3. The molecule has 0 radical (unpaired) electrons. The van der Waals surface area contributed by atoms with Crippen LogP contribution in [0.1, 0.15) is 5.69 Å². The first kappa shape index (κ1) is 13.9. The van der Waals surface area contributed by atoms with Crippen LogP contribution in [0.2, 0.25) is 0 Å². The van der Waals surface area contributed by atoms with Crippen molar-refractivity contribution >= 4 is 16.6 Å². The van der Waals surface area contributed by atoms with Gasteiger partial charge in [0.25, 0.3) is 5.56 Å². The maximum atomic E-state index is 11.8. The van der Waals surface area contributed by atoms with Gasteiger partial charge < -0.3 is 4.90 Å². The van der Waals surface area contributed by atoms with Gasteiger partial charge >= 0.3 is 0 Å². The van der Waals surface area contributed by atoms with Crippen LogP contribution >= 0.6 is 0 Å². The van der Waals surface area contributed by atoms with Crippen molar-refractivity contribution in [3.8, 4) is 0 Å². The van der Waals surface area contributed by atoms with E-state index in [0.717, 1.165) is 24.6 Å². The van der Waals surface area contributed by atoms with Crippen LogP contribution < -0.4 is 10.5 Å². The molecule has 1 aliphatic heterocycles. The van der Waals surface area contributed by atoms with Gasteiger partial charge in [0.1, 0.15) is 5.82 Å². The number of hydrogen-bond acceptors (Lipinski definition) is 4. The molecule has 0 saturated carbocycles. The third kappa shape index (κ3) is 2.59. The van der Waals surface area contributed by atoms with Crippen LogP contribution in [0.25, 0.3) is 10.8 Å². The van der Waals surface area contributed by atoms with E-state index in [1.165, 1.54) is 10.8 Å². The highest BCUT2D eigenvalue weighted by Gasteiger charge is 2.29. The Hall–Kier alpha value is -2.69. The minimum atomic E-state index is -0.0302. The molecule has 0 bridgehead atoms. The van der Waals surface area contributed by atoms with Gasteiger partial charge in [-0.1, -0.05) is 24.3 Å². The summed E-state index contributed by atoms with van der Waals surface area (Å²) in [6.07, 6.45) is 1.86. The molecule has 0 spiro atoms. The Morgan fingerprint density at radius 2 is 1.96 bits per heavy atom. The highest BCUT2D eigenvalue weighted by atomic mass is 16.1. The molecular weight excluding hydrogens is 288 g/mol. The summed E-state index contributed by atoms with van der Waals surface area (Å²) >= 11 is 0. The predicted molar refractivity (Wildman–Crippen MR) is 90.7 cm³/mol. The highest BCUT2D eigenvalue weighted by molar-refractivity contribution is 5.92. The normalized spacial score (nSPS) is 14.9. The van der Waals surface area contributed by atoms with E-state index < -0.39 is 0 Å². The number of anilines is 1. The van der Waals surface area contributed by atoms with Crippen molar-refractivity contribution in [2.45, 2.75) is 13.5 Å². The number of benzene rings is 1. The van der Waals surface area contributed by atoms with Crippen molar-refractivity contribution in [1.82, 2.24) is 14.8 Å². The van der Waals surface area contributed by atoms with Crippen molar-refractivity contribution in [3.63, 3.8) is 0 Å². The van der Waals surface area contributed by atoms with Crippen molar-refractivity contribution in [1.29, 1.82) is 0 Å². The summed E-state index contributed by atoms with van der Waals surface area (Å²) in [6, 6.07) is 13.7. The molecule has 4 rings (SSSR count). The Morgan fingerprint density at radius 3 is 2.83 bits per heavy atom. The van der Waals surface area contributed by atoms with E-state index in [1.807, 2.05) is 31.3 Å². The van der Waals surface area contributed by atoms with E-state index >= 15 is 0 Å². The zero-order valence-electron chi connectivity index (χ0n) is 13.0. The molecule has 1 saturated heterocycles. The van der Waals surface area contributed by atoms with Gasteiger partial charge in [-0.15, -0.1) is 0 Å². The number of hydrogen-bond donors (Lipinski definition) is 0. The lowest BCUT2D eigenvalue weighted by atomic mass is 9.99. The molecule has 23 heavy (non-hydrogen) atoms. The Bertz CT molecular complexity index is 907. The Morgan fingerprint density at radius 1 is 1.13 bits per heavy atom. The predicted octanol–water partition coefficient (Wildman–Crippen LogP) is 2.24. The van der Waals surface area contributed by atoms with Crippen LogP contribution in [0.15, 0.2) is 53.5 Å². The largest absolute Gasteiger partial charge is 0.355 e. The lowest BCUT2D eigenvalue weighted by molar-refractivity contribution is 0.332. The zero-order chi connectivity index (χ0) is 15.8. The first-order chi connectivity index (χ1) is 11.2. The van der Waals surface area contributed by atoms with E-state index in [4.69, 9.17) is 0 Å². The Balaban J connectivity index is 1.51. The molecule has 2 aromatic heterocycles. The van der Waals surface area contributed by atoms with E-state index in [0.29, 0.717) is 12.5 Å². The van der Waals surface area contributed by atoms with Gasteiger partial charge in [-0.3, -0.25) is 4.79 Å². The summed E-state index contributed by atoms with van der Waals surface area (Å²) in [6.45, 7) is 4.39. The molecule has 5 heteroatoms. The van der Waals surface area contributed by atoms with Crippen molar-refractivity contribution in [3.05, 3.63) is 64.7 Å². The van der Waals surface area contributed by atoms with Crippen LogP contribution in [0.5, 0.6) is 0 Å². The fourth-order valence-corrected chi connectivity index (χ4v) is 3.14. The first-order valence-corrected chi connectivity index (χ1v) is 7.84. The molecule has 5 nitrogen and oxygen atoms in total. The van der Waals surface area contributed by atoms with Crippen LogP contribution in [-0.4, -0.2) is 27.9 Å². The Labute approximate surface area is 134 Å². The Kier molecular flexibility index (Phi) is 3.33. The highest BCUT2D eigenvalue weighted by Crippen LogP contribution is 2.29. The summed E-state index contributed by atoms with van der Waals surface area (Å²) in [5.74, 6) is 1.46. The van der Waals surface area contributed by atoms with E-state index in [9.17, 15) is 4.79 Å². The van der Waals surface area contributed by atoms with Crippen LogP contribution in [-0.2, 0) is 6.54 Å². The minimum Gasteiger partial charge on any atom is -0.355 e. The SMILES string of the molecule is Cc1ccc(=O)n(CC2CN(c3nccc4ccccc34)C2)n1. The molecule has 1 aliphatic rings. The number of aromatic nitrogens is 3. The van der Waals surface area contributed by atoms with Gasteiger partial charge in [0.15, 0.2) is 0 Å². The quantitative estimate of drug-likeness (QED) is 0.744. The van der Waals surface area contributed by atoms with Gasteiger partial charge in [0.05, 0.1) is 12.2 Å². The topological polar surface area (TPSA) is 51.0 Å². The third-order valence-electron chi connectivity index (χ3n) is 4.34. The van der Waals surface area contributed by atoms with Crippen LogP contribution in [0, 0.1) is 12.8 Å².